The third-order valence-corrected chi connectivity index (χ3v) is 7.24. The lowest BCUT2D eigenvalue weighted by Crippen LogP contribution is -2.49. The zero-order valence-corrected chi connectivity index (χ0v) is 21.5. The quantitative estimate of drug-likeness (QED) is 0.357. The van der Waals surface area contributed by atoms with Crippen LogP contribution in [-0.4, -0.2) is 45.1 Å². The summed E-state index contributed by atoms with van der Waals surface area (Å²) in [6.45, 7) is 1.50. The molecule has 0 spiro atoms. The molecular weight excluding hydrogens is 532 g/mol. The number of halogens is 3. The molecule has 0 saturated heterocycles. The van der Waals surface area contributed by atoms with Crippen molar-refractivity contribution in [3.63, 3.8) is 0 Å². The number of rotatable bonds is 6. The van der Waals surface area contributed by atoms with E-state index in [4.69, 9.17) is 16.3 Å². The topological polar surface area (TPSA) is 101 Å². The fourth-order valence-corrected chi connectivity index (χ4v) is 4.90. The Morgan fingerprint density at radius 2 is 1.90 bits per heavy atom. The highest BCUT2D eigenvalue weighted by molar-refractivity contribution is 6.30. The van der Waals surface area contributed by atoms with Gasteiger partial charge in [0.15, 0.2) is 11.4 Å². The molecule has 2 aliphatic heterocycles. The number of aromatic nitrogens is 1. The normalized spacial score (nSPS) is 19.9. The van der Waals surface area contributed by atoms with Crippen LogP contribution in [0.3, 0.4) is 0 Å². The molecule has 3 atom stereocenters. The van der Waals surface area contributed by atoms with Crippen LogP contribution < -0.4 is 15.5 Å². The number of aliphatic hydroxyl groups excluding tert-OH is 1. The summed E-state index contributed by atoms with van der Waals surface area (Å²) >= 11 is 5.63. The molecule has 2 bridgehead atoms. The molecule has 1 aromatic heterocycles. The highest BCUT2D eigenvalue weighted by Crippen LogP contribution is 2.33. The molecular formula is C28H24ClF2N3O5. The lowest BCUT2D eigenvalue weighted by molar-refractivity contribution is 0.0530. The summed E-state index contributed by atoms with van der Waals surface area (Å²) in [4.78, 5) is 41.9. The van der Waals surface area contributed by atoms with Crippen LogP contribution in [-0.2, 0) is 13.2 Å². The number of nitrogens with zero attached hydrogens (tertiary/aromatic N) is 2. The minimum absolute atomic E-state index is 0.0538. The first-order valence-corrected chi connectivity index (χ1v) is 12.6. The fraction of sp³-hybridized carbons (Fsp3) is 0.250. The van der Waals surface area contributed by atoms with Crippen molar-refractivity contribution in [1.82, 2.24) is 14.8 Å². The predicted octanol–water partition coefficient (Wildman–Crippen LogP) is 3.61. The van der Waals surface area contributed by atoms with Gasteiger partial charge < -0.3 is 24.6 Å². The maximum Gasteiger partial charge on any atom is 0.275 e. The summed E-state index contributed by atoms with van der Waals surface area (Å²) in [5.74, 6) is -3.65. The van der Waals surface area contributed by atoms with Gasteiger partial charge in [0, 0.05) is 30.9 Å². The van der Waals surface area contributed by atoms with Crippen LogP contribution in [0.1, 0.15) is 44.9 Å². The van der Waals surface area contributed by atoms with Crippen molar-refractivity contribution in [1.29, 1.82) is 0 Å². The maximum atomic E-state index is 14.4. The SMILES string of the molecule is C[C@H]1C=C[C@@H](O)[C@H]2CN1C(=O)c1c(OCc3ccccc3)c(=O)c(C(=O)NCc3ccc(F)c(Cl)c3F)cn12. The number of benzene rings is 2. The molecule has 2 aromatic carbocycles. The van der Waals surface area contributed by atoms with E-state index < -0.39 is 46.0 Å². The van der Waals surface area contributed by atoms with Crippen LogP contribution in [0.5, 0.6) is 5.75 Å². The Morgan fingerprint density at radius 1 is 1.15 bits per heavy atom. The van der Waals surface area contributed by atoms with Gasteiger partial charge in [-0.3, -0.25) is 14.4 Å². The van der Waals surface area contributed by atoms with E-state index in [-0.39, 0.29) is 48.3 Å². The van der Waals surface area contributed by atoms with Crippen molar-refractivity contribution >= 4 is 23.4 Å². The molecule has 3 heterocycles. The van der Waals surface area contributed by atoms with Crippen LogP contribution in [0.15, 0.2) is 65.6 Å². The summed E-state index contributed by atoms with van der Waals surface area (Å²) in [5.41, 5.74) is -0.641. The summed E-state index contributed by atoms with van der Waals surface area (Å²) in [6, 6.07) is 10.0. The van der Waals surface area contributed by atoms with Gasteiger partial charge in [-0.25, -0.2) is 8.78 Å². The molecule has 3 aromatic rings. The van der Waals surface area contributed by atoms with Crippen molar-refractivity contribution in [2.45, 2.75) is 38.3 Å². The number of aliphatic hydroxyl groups is 1. The van der Waals surface area contributed by atoms with Crippen LogP contribution in [0, 0.1) is 11.6 Å². The first-order valence-electron chi connectivity index (χ1n) is 12.2. The second-order valence-electron chi connectivity index (χ2n) is 9.39. The van der Waals surface area contributed by atoms with Crippen LogP contribution >= 0.6 is 11.6 Å². The van der Waals surface area contributed by atoms with Gasteiger partial charge >= 0.3 is 0 Å². The summed E-state index contributed by atoms with van der Waals surface area (Å²) < 4.78 is 35.2. The Hall–Kier alpha value is -4.02. The first kappa shape index (κ1) is 26.6. The average Bonchev–Trinajstić information content (AvgIpc) is 3.06. The third kappa shape index (κ3) is 4.93. The van der Waals surface area contributed by atoms with E-state index in [1.165, 1.54) is 15.7 Å². The Balaban J connectivity index is 1.56. The van der Waals surface area contributed by atoms with Gasteiger partial charge in [-0.1, -0.05) is 60.2 Å². The summed E-state index contributed by atoms with van der Waals surface area (Å²) in [6.07, 6.45) is 3.47. The number of amides is 2. The number of fused-ring (bicyclic) bond motifs is 4. The zero-order chi connectivity index (χ0) is 27.8. The Kier molecular flexibility index (Phi) is 7.24. The van der Waals surface area contributed by atoms with Gasteiger partial charge in [-0.05, 0) is 18.6 Å². The van der Waals surface area contributed by atoms with Crippen LogP contribution in [0.2, 0.25) is 5.02 Å². The largest absolute Gasteiger partial charge is 0.483 e. The molecule has 0 saturated carbocycles. The Morgan fingerprint density at radius 3 is 2.64 bits per heavy atom. The lowest BCUT2D eigenvalue weighted by Gasteiger charge is -2.38. The van der Waals surface area contributed by atoms with E-state index in [9.17, 15) is 28.3 Å². The number of carbonyl (C=O) groups is 2. The molecule has 5 rings (SSSR count). The van der Waals surface area contributed by atoms with Crippen molar-refractivity contribution < 1.29 is 28.2 Å². The van der Waals surface area contributed by atoms with E-state index in [1.807, 2.05) is 6.07 Å². The lowest BCUT2D eigenvalue weighted by atomic mass is 10.0. The van der Waals surface area contributed by atoms with E-state index in [0.717, 1.165) is 17.7 Å². The van der Waals surface area contributed by atoms with Crippen molar-refractivity contribution in [3.8, 4) is 5.75 Å². The summed E-state index contributed by atoms with van der Waals surface area (Å²) in [5, 5.41) is 12.6. The van der Waals surface area contributed by atoms with E-state index in [0.29, 0.717) is 0 Å². The smallest absolute Gasteiger partial charge is 0.275 e. The molecule has 2 amide bonds. The van der Waals surface area contributed by atoms with Gasteiger partial charge in [0.1, 0.15) is 28.8 Å². The maximum absolute atomic E-state index is 14.4. The van der Waals surface area contributed by atoms with Crippen molar-refractivity contribution in [3.05, 3.63) is 110 Å². The summed E-state index contributed by atoms with van der Waals surface area (Å²) in [7, 11) is 0. The minimum atomic E-state index is -1.03. The van der Waals surface area contributed by atoms with Gasteiger partial charge in [0.05, 0.1) is 12.1 Å². The van der Waals surface area contributed by atoms with Crippen LogP contribution in [0.25, 0.3) is 0 Å². The Labute approximate surface area is 227 Å². The molecule has 2 aliphatic rings. The van der Waals surface area contributed by atoms with Gasteiger partial charge in [0.25, 0.3) is 11.8 Å². The Bertz CT molecular complexity index is 1540. The number of hydrogen-bond acceptors (Lipinski definition) is 5. The second-order valence-corrected chi connectivity index (χ2v) is 9.77. The number of pyridine rings is 1. The minimum Gasteiger partial charge on any atom is -0.483 e. The zero-order valence-electron chi connectivity index (χ0n) is 20.7. The molecule has 39 heavy (non-hydrogen) atoms. The molecule has 2 N–H and O–H groups in total. The van der Waals surface area contributed by atoms with E-state index in [1.54, 1.807) is 43.3 Å². The van der Waals surface area contributed by atoms with Gasteiger partial charge in [0.2, 0.25) is 5.43 Å². The monoisotopic (exact) mass is 555 g/mol. The number of nitrogens with one attached hydrogen (secondary N) is 1. The van der Waals surface area contributed by atoms with Crippen molar-refractivity contribution in [2.75, 3.05) is 6.54 Å². The van der Waals surface area contributed by atoms with Gasteiger partial charge in [-0.2, -0.15) is 0 Å². The first-order chi connectivity index (χ1) is 18.7. The number of hydrogen-bond donors (Lipinski definition) is 2. The molecule has 0 unspecified atom stereocenters. The second kappa shape index (κ2) is 10.6. The van der Waals surface area contributed by atoms with E-state index in [2.05, 4.69) is 5.32 Å². The molecule has 0 fully saturated rings. The average molecular weight is 556 g/mol. The molecule has 202 valence electrons. The highest BCUT2D eigenvalue weighted by Gasteiger charge is 2.41. The fourth-order valence-electron chi connectivity index (χ4n) is 4.72. The predicted molar refractivity (Wildman–Crippen MR) is 139 cm³/mol. The molecule has 11 heteroatoms. The molecule has 0 aliphatic carbocycles. The van der Waals surface area contributed by atoms with Gasteiger partial charge in [-0.15, -0.1) is 0 Å². The highest BCUT2D eigenvalue weighted by atomic mass is 35.5. The molecule has 0 radical (unpaired) electrons. The number of carbonyl (C=O) groups excluding carboxylic acids is 2. The number of ether oxygens (including phenoxy) is 1. The van der Waals surface area contributed by atoms with Crippen molar-refractivity contribution in [2.24, 2.45) is 0 Å². The third-order valence-electron chi connectivity index (χ3n) is 6.89. The standard InChI is InChI=1S/C28H24ClF2N3O5/c1-15-7-10-21(35)20-13-33(15)28(38)24-26(39-14-16-5-3-2-4-6-16)25(36)18(12-34(20)24)27(37)32-11-17-8-9-19(30)22(29)23(17)31/h2-10,12,15,20-21,35H,11,13-14H2,1H3,(H,32,37)/t15-,20+,21+/m0/s1. The van der Waals surface area contributed by atoms with Crippen LogP contribution in [0.4, 0.5) is 8.78 Å². The molecule has 8 nitrogen and oxygen atoms in total. The van der Waals surface area contributed by atoms with E-state index >= 15 is 0 Å².